The standard InChI is InChI=1S/C54H38N2/c1-35-50(36(2)56(55-35)41-23-10-5-11-24-41)52-46-28-16-14-26-44(46)51(45-27-15-17-29-47(45)52)38-31-32-43-48-33-30-37-18-12-13-25-42(37)53(48)54(49(43)34-38,39-19-6-3-7-20-39)40-21-8-4-9-22-40/h3-34H,1-2H3. The normalized spacial score (nSPS) is 13.0. The van der Waals surface area contributed by atoms with Gasteiger partial charge in [-0.25, -0.2) is 4.68 Å². The summed E-state index contributed by atoms with van der Waals surface area (Å²) >= 11 is 0. The van der Waals surface area contributed by atoms with Crippen molar-refractivity contribution in [3.8, 4) is 39.1 Å². The molecule has 0 N–H and O–H groups in total. The molecule has 0 amide bonds. The Kier molecular flexibility index (Phi) is 7.24. The first-order chi connectivity index (χ1) is 27.6. The molecule has 1 aromatic heterocycles. The van der Waals surface area contributed by atoms with Crippen molar-refractivity contribution in [2.45, 2.75) is 19.3 Å². The summed E-state index contributed by atoms with van der Waals surface area (Å²) in [5, 5.41) is 12.6. The fourth-order valence-electron chi connectivity index (χ4n) is 9.96. The van der Waals surface area contributed by atoms with E-state index in [4.69, 9.17) is 5.10 Å². The molecule has 1 aliphatic carbocycles. The Morgan fingerprint density at radius 3 is 1.54 bits per heavy atom. The lowest BCUT2D eigenvalue weighted by molar-refractivity contribution is 0.776. The predicted molar refractivity (Wildman–Crippen MR) is 234 cm³/mol. The highest BCUT2D eigenvalue weighted by Crippen LogP contribution is 2.59. The van der Waals surface area contributed by atoms with E-state index in [0.717, 1.165) is 17.1 Å². The van der Waals surface area contributed by atoms with Gasteiger partial charge < -0.3 is 0 Å². The fraction of sp³-hybridized carbons (Fsp3) is 0.0556. The molecule has 0 unspecified atom stereocenters. The Morgan fingerprint density at radius 2 is 0.929 bits per heavy atom. The van der Waals surface area contributed by atoms with E-state index in [-0.39, 0.29) is 0 Å². The molecule has 10 aromatic rings. The number of aryl methyl sites for hydroxylation is 1. The monoisotopic (exact) mass is 714 g/mol. The van der Waals surface area contributed by atoms with E-state index in [2.05, 4.69) is 213 Å². The van der Waals surface area contributed by atoms with Crippen LogP contribution in [0, 0.1) is 13.8 Å². The lowest BCUT2D eigenvalue weighted by Gasteiger charge is -2.35. The molecular formula is C54H38N2. The van der Waals surface area contributed by atoms with Gasteiger partial charge in [0.15, 0.2) is 0 Å². The molecule has 0 fully saturated rings. The molecule has 9 aromatic carbocycles. The Balaban J connectivity index is 1.24. The largest absolute Gasteiger partial charge is 0.237 e. The first-order valence-corrected chi connectivity index (χ1v) is 19.5. The second-order valence-electron chi connectivity index (χ2n) is 15.1. The molecule has 0 aliphatic heterocycles. The van der Waals surface area contributed by atoms with Crippen LogP contribution in [0.5, 0.6) is 0 Å². The minimum Gasteiger partial charge on any atom is -0.237 e. The lowest BCUT2D eigenvalue weighted by atomic mass is 9.66. The van der Waals surface area contributed by atoms with Crippen LogP contribution in [0.1, 0.15) is 33.6 Å². The Labute approximate surface area is 327 Å². The first-order valence-electron chi connectivity index (χ1n) is 19.5. The van der Waals surface area contributed by atoms with Crippen LogP contribution in [0.4, 0.5) is 0 Å². The average Bonchev–Trinajstić information content (AvgIpc) is 3.73. The van der Waals surface area contributed by atoms with Crippen LogP contribution >= 0.6 is 0 Å². The molecule has 0 saturated carbocycles. The van der Waals surface area contributed by atoms with Gasteiger partial charge in [-0.2, -0.15) is 5.10 Å². The smallest absolute Gasteiger partial charge is 0.0719 e. The molecule has 1 aliphatic rings. The van der Waals surface area contributed by atoms with Crippen molar-refractivity contribution in [1.82, 2.24) is 9.78 Å². The summed E-state index contributed by atoms with van der Waals surface area (Å²) in [6.07, 6.45) is 0. The molecule has 56 heavy (non-hydrogen) atoms. The van der Waals surface area contributed by atoms with Crippen molar-refractivity contribution < 1.29 is 0 Å². The number of benzene rings is 9. The highest BCUT2D eigenvalue weighted by atomic mass is 15.3. The molecule has 11 rings (SSSR count). The topological polar surface area (TPSA) is 17.8 Å². The third kappa shape index (κ3) is 4.53. The second-order valence-corrected chi connectivity index (χ2v) is 15.1. The van der Waals surface area contributed by atoms with E-state index >= 15 is 0 Å². The van der Waals surface area contributed by atoms with Crippen LogP contribution in [-0.2, 0) is 5.41 Å². The third-order valence-corrected chi connectivity index (χ3v) is 12.2. The van der Waals surface area contributed by atoms with Crippen LogP contribution in [0.2, 0.25) is 0 Å². The average molecular weight is 715 g/mol. The maximum Gasteiger partial charge on any atom is 0.0719 e. The van der Waals surface area contributed by atoms with Gasteiger partial charge in [0.2, 0.25) is 0 Å². The van der Waals surface area contributed by atoms with Crippen LogP contribution in [0.15, 0.2) is 194 Å². The van der Waals surface area contributed by atoms with Gasteiger partial charge in [0.25, 0.3) is 0 Å². The Morgan fingerprint density at radius 1 is 0.429 bits per heavy atom. The number of hydrogen-bond acceptors (Lipinski definition) is 1. The van der Waals surface area contributed by atoms with Gasteiger partial charge in [-0.1, -0.05) is 176 Å². The van der Waals surface area contributed by atoms with Crippen molar-refractivity contribution in [2.75, 3.05) is 0 Å². The maximum atomic E-state index is 5.12. The predicted octanol–water partition coefficient (Wildman–Crippen LogP) is 13.6. The zero-order chi connectivity index (χ0) is 37.4. The minimum atomic E-state index is -0.532. The summed E-state index contributed by atoms with van der Waals surface area (Å²) < 4.78 is 2.09. The van der Waals surface area contributed by atoms with Crippen molar-refractivity contribution in [3.63, 3.8) is 0 Å². The molecule has 0 atom stereocenters. The van der Waals surface area contributed by atoms with Crippen molar-refractivity contribution in [2.24, 2.45) is 0 Å². The molecule has 0 spiro atoms. The number of para-hydroxylation sites is 1. The molecule has 0 saturated heterocycles. The molecular weight excluding hydrogens is 677 g/mol. The highest BCUT2D eigenvalue weighted by molar-refractivity contribution is 6.22. The minimum absolute atomic E-state index is 0.532. The number of rotatable bonds is 5. The first kappa shape index (κ1) is 32.4. The maximum absolute atomic E-state index is 5.12. The van der Waals surface area contributed by atoms with E-state index in [1.54, 1.807) is 0 Å². The number of hydrogen-bond donors (Lipinski definition) is 0. The Hall–Kier alpha value is -7.03. The lowest BCUT2D eigenvalue weighted by Crippen LogP contribution is -2.28. The zero-order valence-electron chi connectivity index (χ0n) is 31.4. The van der Waals surface area contributed by atoms with Gasteiger partial charge in [-0.15, -0.1) is 0 Å². The van der Waals surface area contributed by atoms with E-state index in [0.29, 0.717) is 0 Å². The van der Waals surface area contributed by atoms with Crippen LogP contribution in [0.3, 0.4) is 0 Å². The van der Waals surface area contributed by atoms with Gasteiger partial charge in [0, 0.05) is 16.8 Å². The number of nitrogens with zero attached hydrogens (tertiary/aromatic N) is 2. The number of aromatic nitrogens is 2. The fourth-order valence-corrected chi connectivity index (χ4v) is 9.96. The summed E-state index contributed by atoms with van der Waals surface area (Å²) in [4.78, 5) is 0. The second kappa shape index (κ2) is 12.5. The molecule has 2 nitrogen and oxygen atoms in total. The van der Waals surface area contributed by atoms with Gasteiger partial charge >= 0.3 is 0 Å². The molecule has 264 valence electrons. The Bertz CT molecular complexity index is 3040. The van der Waals surface area contributed by atoms with E-state index in [1.807, 2.05) is 0 Å². The van der Waals surface area contributed by atoms with E-state index < -0.39 is 5.41 Å². The quantitative estimate of drug-likeness (QED) is 0.162. The highest BCUT2D eigenvalue weighted by Gasteiger charge is 2.47. The summed E-state index contributed by atoms with van der Waals surface area (Å²) in [7, 11) is 0. The summed E-state index contributed by atoms with van der Waals surface area (Å²) in [6.45, 7) is 4.35. The van der Waals surface area contributed by atoms with Gasteiger partial charge in [0.1, 0.15) is 0 Å². The molecule has 2 heteroatoms. The number of fused-ring (bicyclic) bond motifs is 7. The molecule has 1 heterocycles. The van der Waals surface area contributed by atoms with Gasteiger partial charge in [-0.05, 0) is 109 Å². The molecule has 0 bridgehead atoms. The van der Waals surface area contributed by atoms with Crippen molar-refractivity contribution >= 4 is 32.3 Å². The van der Waals surface area contributed by atoms with Crippen LogP contribution < -0.4 is 0 Å². The van der Waals surface area contributed by atoms with Crippen molar-refractivity contribution in [1.29, 1.82) is 0 Å². The summed E-state index contributed by atoms with van der Waals surface area (Å²) in [5.74, 6) is 0. The third-order valence-electron chi connectivity index (χ3n) is 12.2. The van der Waals surface area contributed by atoms with E-state index in [1.165, 1.54) is 88.0 Å². The zero-order valence-corrected chi connectivity index (χ0v) is 31.4. The van der Waals surface area contributed by atoms with Crippen LogP contribution in [-0.4, -0.2) is 9.78 Å². The van der Waals surface area contributed by atoms with Crippen molar-refractivity contribution in [3.05, 3.63) is 228 Å². The molecule has 0 radical (unpaired) electrons. The summed E-state index contributed by atoms with van der Waals surface area (Å²) in [6, 6.07) is 71.5. The van der Waals surface area contributed by atoms with Gasteiger partial charge in [0.05, 0.1) is 16.8 Å². The SMILES string of the molecule is Cc1nn(-c2ccccc2)c(C)c1-c1c2ccccc2c(-c2ccc3c(c2)C(c2ccccc2)(c2ccccc2)c2c-3ccc3ccccc23)c2ccccc12. The van der Waals surface area contributed by atoms with Gasteiger partial charge in [-0.3, -0.25) is 0 Å². The van der Waals surface area contributed by atoms with Crippen LogP contribution in [0.25, 0.3) is 71.4 Å². The summed E-state index contributed by atoms with van der Waals surface area (Å²) in [5.41, 5.74) is 15.4. The van der Waals surface area contributed by atoms with E-state index in [9.17, 15) is 0 Å².